The van der Waals surface area contributed by atoms with E-state index >= 15 is 0 Å². The third-order valence-corrected chi connectivity index (χ3v) is 9.79. The summed E-state index contributed by atoms with van der Waals surface area (Å²) >= 11 is 0. The van der Waals surface area contributed by atoms with Gasteiger partial charge < -0.3 is 15.2 Å². The molecule has 0 fully saturated rings. The number of ether oxygens (including phenoxy) is 2. The van der Waals surface area contributed by atoms with E-state index in [-0.39, 0.29) is 32.8 Å². The number of carbonyl (C=O) groups is 2. The lowest BCUT2D eigenvalue weighted by atomic mass is 10.2. The number of carbonyl (C=O) groups excluding carboxylic acids is 2. The summed E-state index contributed by atoms with van der Waals surface area (Å²) in [6, 6.07) is 13.8. The van der Waals surface area contributed by atoms with Crippen molar-refractivity contribution >= 4 is 37.3 Å². The zero-order valence-electron chi connectivity index (χ0n) is 22.7. The van der Waals surface area contributed by atoms with Gasteiger partial charge in [-0.05, 0) is 43.0 Å². The number of aryl methyl sites for hydroxylation is 1. The molecule has 2 aromatic carbocycles. The van der Waals surface area contributed by atoms with Crippen LogP contribution in [-0.2, 0) is 50.2 Å². The Labute approximate surface area is 241 Å². The zero-order valence-corrected chi connectivity index (χ0v) is 24.3. The Kier molecular flexibility index (Phi) is 18.1. The Morgan fingerprint density at radius 2 is 1.02 bits per heavy atom. The molecular formula is C29H47NO8S2. The lowest BCUT2D eigenvalue weighted by Gasteiger charge is -2.14. The fraction of sp³-hybridized carbons (Fsp3) is 0.517. The lowest BCUT2D eigenvalue weighted by Crippen LogP contribution is -2.32. The summed E-state index contributed by atoms with van der Waals surface area (Å²) in [5, 5.41) is -2.16. The topological polar surface area (TPSA) is 147 Å². The molecule has 2 aromatic rings. The van der Waals surface area contributed by atoms with Crippen molar-refractivity contribution in [1.29, 1.82) is 0 Å². The van der Waals surface area contributed by atoms with Gasteiger partial charge in [-0.15, -0.1) is 0 Å². The monoisotopic (exact) mass is 601 g/mol. The van der Waals surface area contributed by atoms with E-state index in [1.165, 1.54) is 14.2 Å². The average Bonchev–Trinajstić information content (AvgIpc) is 2.87. The van der Waals surface area contributed by atoms with E-state index in [9.17, 15) is 26.4 Å². The van der Waals surface area contributed by atoms with Crippen molar-refractivity contribution in [2.24, 2.45) is 0 Å². The first-order valence-corrected chi connectivity index (χ1v) is 15.7. The summed E-state index contributed by atoms with van der Waals surface area (Å²) in [5.74, 6) is -1.69. The smallest absolute Gasteiger partial charge is 0.324 e. The second-order valence-corrected chi connectivity index (χ2v) is 13.3. The molecule has 11 heteroatoms. The van der Waals surface area contributed by atoms with Gasteiger partial charge in [-0.1, -0.05) is 83.5 Å². The van der Waals surface area contributed by atoms with Crippen LogP contribution in [0.15, 0.2) is 48.5 Å². The van der Waals surface area contributed by atoms with Crippen LogP contribution in [-0.4, -0.2) is 53.5 Å². The van der Waals surface area contributed by atoms with Crippen LogP contribution in [0.3, 0.4) is 0 Å². The van der Waals surface area contributed by atoms with Gasteiger partial charge in [0.2, 0.25) is 0 Å². The number of hydrogen-bond donors (Lipinski definition) is 1. The highest BCUT2D eigenvalue weighted by Crippen LogP contribution is 2.19. The summed E-state index contributed by atoms with van der Waals surface area (Å²) in [4.78, 5) is 23.2. The van der Waals surface area contributed by atoms with E-state index in [1.54, 1.807) is 36.4 Å². The van der Waals surface area contributed by atoms with Crippen molar-refractivity contribution < 1.29 is 35.9 Å². The first-order chi connectivity index (χ1) is 17.8. The minimum absolute atomic E-state index is 0. The molecule has 2 rings (SSSR count). The molecule has 0 radical (unpaired) electrons. The molecular weight excluding hydrogens is 554 g/mol. The van der Waals surface area contributed by atoms with Crippen LogP contribution in [0.4, 0.5) is 5.69 Å². The number of methoxy groups -OCH3 is 2. The number of esters is 2. The first kappa shape index (κ1) is 39.2. The van der Waals surface area contributed by atoms with Gasteiger partial charge in [0.1, 0.15) is 0 Å². The second-order valence-electron chi connectivity index (χ2n) is 8.94. The number of rotatable bonds is 12. The maximum atomic E-state index is 12.3. The minimum Gasteiger partial charge on any atom is -0.468 e. The molecule has 0 bridgehead atoms. The Hall–Kier alpha value is -2.92. The molecule has 0 spiro atoms. The van der Waals surface area contributed by atoms with Gasteiger partial charge in [-0.2, -0.15) is 0 Å². The average molecular weight is 602 g/mol. The summed E-state index contributed by atoms with van der Waals surface area (Å²) in [6.45, 7) is 5.61. The number of anilines is 1. The van der Waals surface area contributed by atoms with Gasteiger partial charge in [0.05, 0.1) is 25.7 Å². The van der Waals surface area contributed by atoms with Gasteiger partial charge in [0.15, 0.2) is 30.2 Å². The molecule has 2 atom stereocenters. The van der Waals surface area contributed by atoms with Crippen LogP contribution in [0.25, 0.3) is 0 Å². The lowest BCUT2D eigenvalue weighted by molar-refractivity contribution is -0.141. The highest BCUT2D eigenvalue weighted by molar-refractivity contribution is 7.92. The highest BCUT2D eigenvalue weighted by Gasteiger charge is 2.33. The Balaban J connectivity index is 0. The Morgan fingerprint density at radius 1 is 0.700 bits per heavy atom. The molecule has 228 valence electrons. The molecule has 0 aliphatic carbocycles. The molecule has 0 saturated heterocycles. The van der Waals surface area contributed by atoms with Crippen molar-refractivity contribution in [3.63, 3.8) is 0 Å². The maximum absolute atomic E-state index is 12.3. The first-order valence-electron chi connectivity index (χ1n) is 12.3. The third kappa shape index (κ3) is 12.5. The quantitative estimate of drug-likeness (QED) is 0.261. The number of nitrogens with two attached hydrogens (primary N) is 1. The third-order valence-electron chi connectivity index (χ3n) is 5.73. The van der Waals surface area contributed by atoms with E-state index in [0.717, 1.165) is 5.56 Å². The largest absolute Gasteiger partial charge is 0.468 e. The van der Waals surface area contributed by atoms with E-state index in [1.807, 2.05) is 32.9 Å². The Bertz CT molecular complexity index is 1140. The summed E-state index contributed by atoms with van der Waals surface area (Å²) in [6.07, 6.45) is 1.78. The maximum Gasteiger partial charge on any atom is 0.324 e. The van der Waals surface area contributed by atoms with Crippen molar-refractivity contribution in [3.05, 3.63) is 65.2 Å². The molecule has 9 nitrogen and oxygen atoms in total. The van der Waals surface area contributed by atoms with E-state index in [0.29, 0.717) is 36.1 Å². The number of sulfone groups is 2. The van der Waals surface area contributed by atoms with Crippen LogP contribution in [0.2, 0.25) is 0 Å². The van der Waals surface area contributed by atoms with Gasteiger partial charge in [-0.25, -0.2) is 16.8 Å². The van der Waals surface area contributed by atoms with Gasteiger partial charge in [0.25, 0.3) is 0 Å². The predicted octanol–water partition coefficient (Wildman–Crippen LogP) is 5.05. The zero-order chi connectivity index (χ0) is 28.9. The van der Waals surface area contributed by atoms with E-state index in [2.05, 4.69) is 9.47 Å². The van der Waals surface area contributed by atoms with Gasteiger partial charge in [-0.3, -0.25) is 9.59 Å². The predicted molar refractivity (Wildman–Crippen MR) is 162 cm³/mol. The summed E-state index contributed by atoms with van der Waals surface area (Å²) in [5.41, 5.74) is 8.48. The molecule has 0 saturated carbocycles. The van der Waals surface area contributed by atoms with Gasteiger partial charge >= 0.3 is 11.9 Å². The summed E-state index contributed by atoms with van der Waals surface area (Å²) in [7, 11) is -4.70. The molecule has 0 aliphatic heterocycles. The van der Waals surface area contributed by atoms with Crippen molar-refractivity contribution in [2.75, 3.05) is 20.0 Å². The van der Waals surface area contributed by atoms with Crippen LogP contribution < -0.4 is 5.73 Å². The molecule has 2 N–H and O–H groups in total. The minimum atomic E-state index is -3.58. The second kappa shape index (κ2) is 18.4. The standard InChI is InChI=1S/C14H20O4S.C13H19NO4S.2CH4/c1-4-5-13(14(15)18-3)19(16,17)10-12-8-6-11(2)7-9-12;1-3-4-12(13(15)18-2)19(16,17)9-10-5-7-11(14)8-6-10;;/h6-9,13H,4-5,10H2,1-3H3;5-8,12H,3-4,9,14H2,1-2H3;2*1H4. The SMILES string of the molecule is C.C.CCCC(C(=O)OC)S(=O)(=O)Cc1ccc(C)cc1.CCCC(C(=O)OC)S(=O)(=O)Cc1ccc(N)cc1. The molecule has 2 unspecified atom stereocenters. The fourth-order valence-electron chi connectivity index (χ4n) is 3.64. The number of hydrogen-bond acceptors (Lipinski definition) is 9. The molecule has 0 amide bonds. The van der Waals surface area contributed by atoms with Crippen molar-refractivity contribution in [1.82, 2.24) is 0 Å². The molecule has 0 heterocycles. The van der Waals surface area contributed by atoms with Crippen molar-refractivity contribution in [2.45, 2.75) is 83.3 Å². The van der Waals surface area contributed by atoms with Crippen LogP contribution in [0, 0.1) is 6.92 Å². The van der Waals surface area contributed by atoms with Crippen LogP contribution in [0.1, 0.15) is 71.1 Å². The molecule has 0 aliphatic rings. The fourth-order valence-corrected chi connectivity index (χ4v) is 7.32. The van der Waals surface area contributed by atoms with Crippen molar-refractivity contribution in [3.8, 4) is 0 Å². The van der Waals surface area contributed by atoms with Crippen LogP contribution in [0.5, 0.6) is 0 Å². The number of nitrogen functional groups attached to an aromatic ring is 1. The van der Waals surface area contributed by atoms with Gasteiger partial charge in [0, 0.05) is 5.69 Å². The molecule has 40 heavy (non-hydrogen) atoms. The normalized spacial score (nSPS) is 12.3. The Morgan fingerprint density at radius 3 is 1.32 bits per heavy atom. The highest BCUT2D eigenvalue weighted by atomic mass is 32.2. The van der Waals surface area contributed by atoms with E-state index < -0.39 is 42.1 Å². The molecule has 0 aromatic heterocycles. The van der Waals surface area contributed by atoms with E-state index in [4.69, 9.17) is 5.73 Å². The number of benzene rings is 2. The van der Waals surface area contributed by atoms with Crippen LogP contribution >= 0.6 is 0 Å². The summed E-state index contributed by atoms with van der Waals surface area (Å²) < 4.78 is 58.2.